The van der Waals surface area contributed by atoms with Crippen LogP contribution >= 0.6 is 0 Å². The molecule has 1 amide bonds. The van der Waals surface area contributed by atoms with E-state index in [9.17, 15) is 9.18 Å². The van der Waals surface area contributed by atoms with E-state index in [4.69, 9.17) is 9.26 Å². The second-order valence-electron chi connectivity index (χ2n) is 6.41. The number of carbonyl (C=O) groups excluding carboxylic acids is 1. The largest absolute Gasteiger partial charge is 0.491 e. The zero-order valence-corrected chi connectivity index (χ0v) is 15.9. The first kappa shape index (κ1) is 19.5. The molecule has 6 nitrogen and oxygen atoms in total. The van der Waals surface area contributed by atoms with Crippen molar-refractivity contribution in [1.29, 1.82) is 0 Å². The van der Waals surface area contributed by atoms with Crippen LogP contribution in [0.4, 0.5) is 10.1 Å². The smallest absolute Gasteiger partial charge is 0.227 e. The second-order valence-corrected chi connectivity index (χ2v) is 6.41. The quantitative estimate of drug-likeness (QED) is 0.618. The third kappa shape index (κ3) is 5.16. The van der Waals surface area contributed by atoms with Gasteiger partial charge in [-0.15, -0.1) is 0 Å². The van der Waals surface area contributed by atoms with E-state index in [0.717, 1.165) is 12.0 Å². The fourth-order valence-electron chi connectivity index (χ4n) is 2.57. The van der Waals surface area contributed by atoms with Gasteiger partial charge in [0.05, 0.1) is 12.3 Å². The number of ether oxygens (including phenoxy) is 1. The van der Waals surface area contributed by atoms with Crippen LogP contribution < -0.4 is 10.1 Å². The average molecular weight is 383 g/mol. The van der Waals surface area contributed by atoms with Crippen molar-refractivity contribution in [3.63, 3.8) is 0 Å². The van der Waals surface area contributed by atoms with E-state index in [1.807, 2.05) is 32.0 Å². The van der Waals surface area contributed by atoms with Crippen LogP contribution in [0.1, 0.15) is 31.2 Å². The molecule has 3 rings (SSSR count). The molecule has 0 atom stereocenters. The van der Waals surface area contributed by atoms with Gasteiger partial charge in [0, 0.05) is 18.4 Å². The maximum absolute atomic E-state index is 13.0. The standard InChI is InChI=1S/C21H22FN3O3/c1-3-12-27-18-13-14(2)4-9-17(18)23-19(26)10-11-20-24-21(25-28-20)15-5-7-16(22)8-6-15/h4-9,13H,3,10-12H2,1-2H3,(H,23,26). The summed E-state index contributed by atoms with van der Waals surface area (Å²) in [5, 5.41) is 6.74. The highest BCUT2D eigenvalue weighted by Gasteiger charge is 2.13. The number of hydrogen-bond donors (Lipinski definition) is 1. The molecule has 1 heterocycles. The third-order valence-electron chi connectivity index (χ3n) is 4.01. The second kappa shape index (κ2) is 9.12. The molecule has 0 unspecified atom stereocenters. The van der Waals surface area contributed by atoms with Crippen LogP contribution in [0, 0.1) is 12.7 Å². The van der Waals surface area contributed by atoms with Crippen molar-refractivity contribution in [2.24, 2.45) is 0 Å². The van der Waals surface area contributed by atoms with E-state index < -0.39 is 0 Å². The van der Waals surface area contributed by atoms with Crippen LogP contribution in [0.3, 0.4) is 0 Å². The summed E-state index contributed by atoms with van der Waals surface area (Å²) >= 11 is 0. The molecular formula is C21H22FN3O3. The number of nitrogens with one attached hydrogen (secondary N) is 1. The zero-order valence-electron chi connectivity index (χ0n) is 15.9. The minimum atomic E-state index is -0.331. The van der Waals surface area contributed by atoms with Crippen molar-refractivity contribution in [1.82, 2.24) is 10.1 Å². The molecule has 0 saturated carbocycles. The Bertz CT molecular complexity index is 938. The van der Waals surface area contributed by atoms with Gasteiger partial charge >= 0.3 is 0 Å². The molecule has 7 heteroatoms. The summed E-state index contributed by atoms with van der Waals surface area (Å²) < 4.78 is 23.9. The van der Waals surface area contributed by atoms with Crippen LogP contribution in [-0.4, -0.2) is 22.7 Å². The molecule has 28 heavy (non-hydrogen) atoms. The minimum absolute atomic E-state index is 0.174. The van der Waals surface area contributed by atoms with Gasteiger partial charge in [-0.3, -0.25) is 4.79 Å². The van der Waals surface area contributed by atoms with Crippen LogP contribution in [0.25, 0.3) is 11.4 Å². The maximum Gasteiger partial charge on any atom is 0.227 e. The van der Waals surface area contributed by atoms with Crippen LogP contribution in [0.5, 0.6) is 5.75 Å². The number of carbonyl (C=O) groups is 1. The number of rotatable bonds is 8. The lowest BCUT2D eigenvalue weighted by molar-refractivity contribution is -0.116. The Morgan fingerprint density at radius 3 is 2.75 bits per heavy atom. The minimum Gasteiger partial charge on any atom is -0.491 e. The van der Waals surface area contributed by atoms with Crippen LogP contribution in [0.15, 0.2) is 47.0 Å². The van der Waals surface area contributed by atoms with E-state index in [1.165, 1.54) is 12.1 Å². The van der Waals surface area contributed by atoms with Crippen molar-refractivity contribution in [2.45, 2.75) is 33.1 Å². The Kier molecular flexibility index (Phi) is 6.37. The molecule has 1 N–H and O–H groups in total. The third-order valence-corrected chi connectivity index (χ3v) is 4.01. The monoisotopic (exact) mass is 383 g/mol. The molecule has 0 fully saturated rings. The predicted octanol–water partition coefficient (Wildman–Crippen LogP) is 4.54. The Hall–Kier alpha value is -3.22. The number of halogens is 1. The lowest BCUT2D eigenvalue weighted by atomic mass is 10.2. The number of hydrogen-bond acceptors (Lipinski definition) is 5. The molecular weight excluding hydrogens is 361 g/mol. The van der Waals surface area contributed by atoms with E-state index in [0.29, 0.717) is 41.7 Å². The van der Waals surface area contributed by atoms with E-state index in [1.54, 1.807) is 12.1 Å². The Labute approximate surface area is 162 Å². The molecule has 0 spiro atoms. The van der Waals surface area contributed by atoms with E-state index in [2.05, 4.69) is 15.5 Å². The van der Waals surface area contributed by atoms with Crippen LogP contribution in [0.2, 0.25) is 0 Å². The van der Waals surface area contributed by atoms with Gasteiger partial charge in [0.1, 0.15) is 11.6 Å². The van der Waals surface area contributed by atoms with Gasteiger partial charge < -0.3 is 14.6 Å². The van der Waals surface area contributed by atoms with Gasteiger partial charge in [0.15, 0.2) is 0 Å². The molecule has 146 valence electrons. The summed E-state index contributed by atoms with van der Waals surface area (Å²) in [6, 6.07) is 11.5. The van der Waals surface area contributed by atoms with E-state index >= 15 is 0 Å². The summed E-state index contributed by atoms with van der Waals surface area (Å²) in [5.41, 5.74) is 2.35. The Morgan fingerprint density at radius 1 is 1.21 bits per heavy atom. The summed E-state index contributed by atoms with van der Waals surface area (Å²) in [5.74, 6) is 0.867. The van der Waals surface area contributed by atoms with Crippen molar-refractivity contribution in [3.8, 4) is 17.1 Å². The number of benzene rings is 2. The number of anilines is 1. The molecule has 0 bridgehead atoms. The normalized spacial score (nSPS) is 10.7. The number of aromatic nitrogens is 2. The van der Waals surface area contributed by atoms with Crippen LogP contribution in [-0.2, 0) is 11.2 Å². The Balaban J connectivity index is 1.58. The van der Waals surface area contributed by atoms with E-state index in [-0.39, 0.29) is 18.1 Å². The molecule has 0 aliphatic rings. The highest BCUT2D eigenvalue weighted by atomic mass is 19.1. The predicted molar refractivity (Wildman–Crippen MR) is 104 cm³/mol. The van der Waals surface area contributed by atoms with Gasteiger partial charge in [0.2, 0.25) is 17.6 Å². The van der Waals surface area contributed by atoms with Gasteiger partial charge in [-0.25, -0.2) is 4.39 Å². The first-order valence-electron chi connectivity index (χ1n) is 9.17. The highest BCUT2D eigenvalue weighted by Crippen LogP contribution is 2.26. The summed E-state index contributed by atoms with van der Waals surface area (Å²) in [4.78, 5) is 16.6. The maximum atomic E-state index is 13.0. The van der Waals surface area contributed by atoms with Crippen molar-refractivity contribution >= 4 is 11.6 Å². The molecule has 2 aromatic carbocycles. The molecule has 0 saturated heterocycles. The lowest BCUT2D eigenvalue weighted by Gasteiger charge is -2.12. The van der Waals surface area contributed by atoms with Gasteiger partial charge in [-0.05, 0) is 55.3 Å². The van der Waals surface area contributed by atoms with Crippen molar-refractivity contribution in [2.75, 3.05) is 11.9 Å². The summed E-state index contributed by atoms with van der Waals surface area (Å²) in [7, 11) is 0. The number of amides is 1. The summed E-state index contributed by atoms with van der Waals surface area (Å²) in [6.07, 6.45) is 1.37. The van der Waals surface area contributed by atoms with Gasteiger partial charge in [0.25, 0.3) is 0 Å². The lowest BCUT2D eigenvalue weighted by Crippen LogP contribution is -2.13. The molecule has 3 aromatic rings. The molecule has 0 aliphatic heterocycles. The first-order chi connectivity index (χ1) is 13.5. The van der Waals surface area contributed by atoms with Crippen molar-refractivity contribution in [3.05, 3.63) is 59.7 Å². The highest BCUT2D eigenvalue weighted by molar-refractivity contribution is 5.92. The topological polar surface area (TPSA) is 77.2 Å². The number of nitrogens with zero attached hydrogens (tertiary/aromatic N) is 2. The SMILES string of the molecule is CCCOc1cc(C)ccc1NC(=O)CCc1nc(-c2ccc(F)cc2)no1. The fourth-order valence-corrected chi connectivity index (χ4v) is 2.57. The molecule has 1 aromatic heterocycles. The van der Waals surface area contributed by atoms with Gasteiger partial charge in [-0.2, -0.15) is 4.98 Å². The number of aryl methyl sites for hydroxylation is 2. The van der Waals surface area contributed by atoms with Gasteiger partial charge in [-0.1, -0.05) is 18.1 Å². The van der Waals surface area contributed by atoms with Crippen molar-refractivity contribution < 1.29 is 18.4 Å². The molecule has 0 radical (unpaired) electrons. The average Bonchev–Trinajstić information content (AvgIpc) is 3.16. The fraction of sp³-hybridized carbons (Fsp3) is 0.286. The summed E-state index contributed by atoms with van der Waals surface area (Å²) in [6.45, 7) is 4.58. The Morgan fingerprint density at radius 2 is 2.00 bits per heavy atom. The first-order valence-corrected chi connectivity index (χ1v) is 9.17. The zero-order chi connectivity index (χ0) is 19.9. The molecule has 0 aliphatic carbocycles.